The number of carboxylic acid groups (broad SMARTS) is 1. The fourth-order valence-electron chi connectivity index (χ4n) is 3.37. The highest BCUT2D eigenvalue weighted by Crippen LogP contribution is 2.36. The zero-order valence-electron chi connectivity index (χ0n) is 17.9. The average Bonchev–Trinajstić information content (AvgIpc) is 3.29. The summed E-state index contributed by atoms with van der Waals surface area (Å²) in [6, 6.07) is 8.01. The second kappa shape index (κ2) is 11.2. The molecule has 1 fully saturated rings. The molecule has 1 atom stereocenters. The molecule has 1 saturated heterocycles. The molecule has 0 bridgehead atoms. The number of ether oxygens (including phenoxy) is 2. The second-order valence-corrected chi connectivity index (χ2v) is 10.4. The van der Waals surface area contributed by atoms with Crippen molar-refractivity contribution < 1.29 is 32.6 Å². The van der Waals surface area contributed by atoms with Crippen LogP contribution in [0.5, 0.6) is 11.5 Å². The molecule has 3 rings (SSSR count). The quantitative estimate of drug-likeness (QED) is 0.347. The topological polar surface area (TPSA) is 135 Å². The lowest BCUT2D eigenvalue weighted by Crippen LogP contribution is -2.44. The third-order valence-corrected chi connectivity index (χ3v) is 7.67. The van der Waals surface area contributed by atoms with E-state index in [1.54, 1.807) is 12.1 Å². The van der Waals surface area contributed by atoms with Crippen molar-refractivity contribution in [2.24, 2.45) is 5.10 Å². The van der Waals surface area contributed by atoms with E-state index in [-0.39, 0.29) is 22.9 Å². The molecule has 0 saturated carbocycles. The lowest BCUT2D eigenvalue weighted by Gasteiger charge is -2.22. The molecule has 2 aromatic carbocycles. The summed E-state index contributed by atoms with van der Waals surface area (Å²) in [6.07, 6.45) is 2.25. The summed E-state index contributed by atoms with van der Waals surface area (Å²) in [6.45, 7) is -0.329. The van der Waals surface area contributed by atoms with E-state index in [2.05, 4.69) is 26.5 Å². The van der Waals surface area contributed by atoms with Crippen molar-refractivity contribution in [2.75, 3.05) is 20.3 Å². The Balaban J connectivity index is 1.71. The number of carbonyl (C=O) groups excluding carboxylic acids is 1. The van der Waals surface area contributed by atoms with Gasteiger partial charge < -0.3 is 14.6 Å². The number of amides is 1. The van der Waals surface area contributed by atoms with Gasteiger partial charge in [-0.05, 0) is 70.7 Å². The molecule has 1 aliphatic heterocycles. The highest BCUT2D eigenvalue weighted by Gasteiger charge is 2.39. The first-order chi connectivity index (χ1) is 16.1. The highest BCUT2D eigenvalue weighted by molar-refractivity contribution is 9.10. The minimum absolute atomic E-state index is 0.0576. The summed E-state index contributed by atoms with van der Waals surface area (Å²) in [7, 11) is -2.48. The van der Waals surface area contributed by atoms with Gasteiger partial charge in [0.05, 0.1) is 22.7 Å². The van der Waals surface area contributed by atoms with Gasteiger partial charge in [0.2, 0.25) is 10.0 Å². The van der Waals surface area contributed by atoms with Gasteiger partial charge >= 0.3 is 5.97 Å². The van der Waals surface area contributed by atoms with E-state index < -0.39 is 34.5 Å². The van der Waals surface area contributed by atoms with Crippen LogP contribution in [-0.4, -0.2) is 62.2 Å². The minimum atomic E-state index is -3.87. The van der Waals surface area contributed by atoms with Gasteiger partial charge in [0, 0.05) is 11.6 Å². The molecule has 0 spiro atoms. The van der Waals surface area contributed by atoms with Crippen LogP contribution in [-0.2, 0) is 19.6 Å². The number of aliphatic carboxylic acids is 1. The highest BCUT2D eigenvalue weighted by atomic mass is 79.9. The third kappa shape index (κ3) is 6.06. The van der Waals surface area contributed by atoms with Crippen LogP contribution in [0.25, 0.3) is 0 Å². The van der Waals surface area contributed by atoms with Gasteiger partial charge in [0.25, 0.3) is 5.91 Å². The summed E-state index contributed by atoms with van der Waals surface area (Å²) >= 11 is 9.14. The number of benzene rings is 2. The smallest absolute Gasteiger partial charge is 0.341 e. The van der Waals surface area contributed by atoms with Crippen LogP contribution in [0.3, 0.4) is 0 Å². The number of carboxylic acids is 1. The predicted octanol–water partition coefficient (Wildman–Crippen LogP) is 2.88. The van der Waals surface area contributed by atoms with E-state index in [1.807, 2.05) is 0 Å². The maximum absolute atomic E-state index is 13.0. The number of sulfonamides is 1. The Bertz CT molecular complexity index is 1210. The maximum atomic E-state index is 13.0. The SMILES string of the molecule is COc1cc(/C=N\NC(=O)[C@H]2CCCN2S(=O)(=O)c2ccc(Cl)cc2)cc(Br)c1OCC(=O)O. The van der Waals surface area contributed by atoms with Crippen molar-refractivity contribution in [2.45, 2.75) is 23.8 Å². The molecule has 2 N–H and O–H groups in total. The predicted molar refractivity (Wildman–Crippen MR) is 128 cm³/mol. The first-order valence-electron chi connectivity index (χ1n) is 9.96. The first-order valence-corrected chi connectivity index (χ1v) is 12.6. The van der Waals surface area contributed by atoms with Crippen LogP contribution >= 0.6 is 27.5 Å². The molecule has 0 unspecified atom stereocenters. The van der Waals surface area contributed by atoms with Crippen LogP contribution in [0, 0.1) is 0 Å². The van der Waals surface area contributed by atoms with E-state index in [0.717, 1.165) is 4.31 Å². The number of hydrazone groups is 1. The Morgan fingerprint density at radius 2 is 2.03 bits per heavy atom. The molecule has 1 aliphatic rings. The largest absolute Gasteiger partial charge is 0.493 e. The van der Waals surface area contributed by atoms with Gasteiger partial charge in [-0.25, -0.2) is 18.6 Å². The molecule has 13 heteroatoms. The average molecular weight is 575 g/mol. The lowest BCUT2D eigenvalue weighted by molar-refractivity contribution is -0.139. The molecular formula is C21H21BrClN3O7S. The van der Waals surface area contributed by atoms with Crippen molar-refractivity contribution >= 4 is 55.6 Å². The Morgan fingerprint density at radius 1 is 1.32 bits per heavy atom. The molecular weight excluding hydrogens is 554 g/mol. The molecule has 0 aliphatic carbocycles. The van der Waals surface area contributed by atoms with Crippen molar-refractivity contribution in [3.05, 3.63) is 51.5 Å². The van der Waals surface area contributed by atoms with Crippen molar-refractivity contribution in [1.82, 2.24) is 9.73 Å². The number of methoxy groups -OCH3 is 1. The summed E-state index contributed by atoms with van der Waals surface area (Å²) in [5, 5.41) is 13.1. The molecule has 0 aromatic heterocycles. The van der Waals surface area contributed by atoms with Crippen molar-refractivity contribution in [3.8, 4) is 11.5 Å². The molecule has 10 nitrogen and oxygen atoms in total. The van der Waals surface area contributed by atoms with Crippen LogP contribution in [0.4, 0.5) is 0 Å². The monoisotopic (exact) mass is 573 g/mol. The molecule has 182 valence electrons. The molecule has 34 heavy (non-hydrogen) atoms. The lowest BCUT2D eigenvalue weighted by atomic mass is 10.2. The molecule has 1 amide bonds. The maximum Gasteiger partial charge on any atom is 0.341 e. The van der Waals surface area contributed by atoms with Crippen molar-refractivity contribution in [1.29, 1.82) is 0 Å². The molecule has 2 aromatic rings. The number of carbonyl (C=O) groups is 2. The number of nitrogens with zero attached hydrogens (tertiary/aromatic N) is 2. The van der Waals surface area contributed by atoms with E-state index in [9.17, 15) is 18.0 Å². The number of halogens is 2. The summed E-state index contributed by atoms with van der Waals surface area (Å²) in [4.78, 5) is 23.5. The summed E-state index contributed by atoms with van der Waals surface area (Å²) in [5.41, 5.74) is 2.90. The summed E-state index contributed by atoms with van der Waals surface area (Å²) < 4.78 is 38.0. The van der Waals surface area contributed by atoms with Crippen LogP contribution in [0.1, 0.15) is 18.4 Å². The minimum Gasteiger partial charge on any atom is -0.493 e. The summed E-state index contributed by atoms with van der Waals surface area (Å²) in [5.74, 6) is -1.22. The number of nitrogens with one attached hydrogen (secondary N) is 1. The normalized spacial score (nSPS) is 16.5. The Kier molecular flexibility index (Phi) is 8.52. The van der Waals surface area contributed by atoms with Gasteiger partial charge in [-0.3, -0.25) is 4.79 Å². The standard InChI is InChI=1S/C21H21BrClN3O7S/c1-32-18-10-13(9-16(22)20(18)33-12-19(27)28)11-24-25-21(29)17-3-2-8-26(17)34(30,31)15-6-4-14(23)5-7-15/h4-7,9-11,17H,2-3,8,12H2,1H3,(H,25,29)(H,27,28)/b24-11-/t17-/m1/s1. The van der Waals surface area contributed by atoms with Crippen molar-refractivity contribution in [3.63, 3.8) is 0 Å². The van der Waals surface area contributed by atoms with E-state index in [0.29, 0.717) is 27.9 Å². The Labute approximate surface area is 209 Å². The van der Waals surface area contributed by atoms with Crippen LogP contribution in [0.2, 0.25) is 5.02 Å². The van der Waals surface area contributed by atoms with E-state index >= 15 is 0 Å². The Hall–Kier alpha value is -2.67. The van der Waals surface area contributed by atoms with Gasteiger partial charge in [-0.1, -0.05) is 11.6 Å². The third-order valence-electron chi connectivity index (χ3n) is 4.91. The van der Waals surface area contributed by atoms with Crippen LogP contribution < -0.4 is 14.9 Å². The number of hydrogen-bond acceptors (Lipinski definition) is 7. The molecule has 0 radical (unpaired) electrons. The number of hydrogen-bond donors (Lipinski definition) is 2. The van der Waals surface area contributed by atoms with E-state index in [4.69, 9.17) is 26.2 Å². The van der Waals surface area contributed by atoms with Gasteiger partial charge in [-0.15, -0.1) is 0 Å². The van der Waals surface area contributed by atoms with Gasteiger partial charge in [0.15, 0.2) is 18.1 Å². The zero-order chi connectivity index (χ0) is 24.9. The fraction of sp³-hybridized carbons (Fsp3) is 0.286. The first kappa shape index (κ1) is 25.9. The van der Waals surface area contributed by atoms with Gasteiger partial charge in [-0.2, -0.15) is 9.41 Å². The van der Waals surface area contributed by atoms with Crippen LogP contribution in [0.15, 0.2) is 50.9 Å². The molecule has 1 heterocycles. The fourth-order valence-corrected chi connectivity index (χ4v) is 5.72. The number of rotatable bonds is 9. The Morgan fingerprint density at radius 3 is 2.68 bits per heavy atom. The zero-order valence-corrected chi connectivity index (χ0v) is 21.1. The second-order valence-electron chi connectivity index (χ2n) is 7.18. The van der Waals surface area contributed by atoms with E-state index in [1.165, 1.54) is 37.6 Å². The van der Waals surface area contributed by atoms with Gasteiger partial charge in [0.1, 0.15) is 6.04 Å².